The summed E-state index contributed by atoms with van der Waals surface area (Å²) in [6.45, 7) is 11.7. The summed E-state index contributed by atoms with van der Waals surface area (Å²) in [6, 6.07) is 0. The third-order valence-electron chi connectivity index (χ3n) is 6.54. The van der Waals surface area contributed by atoms with Crippen molar-refractivity contribution in [3.8, 4) is 0 Å². The summed E-state index contributed by atoms with van der Waals surface area (Å²) >= 11 is 0. The molecule has 5 nitrogen and oxygen atoms in total. The molecule has 0 aromatic heterocycles. The monoisotopic (exact) mass is 348 g/mol. The van der Waals surface area contributed by atoms with Gasteiger partial charge in [0.05, 0.1) is 5.92 Å². The first-order chi connectivity index (χ1) is 11.7. The molecular formula is C20H28O5. The van der Waals surface area contributed by atoms with Crippen molar-refractivity contribution in [2.24, 2.45) is 23.2 Å². The number of hydrogen-bond acceptors (Lipinski definition) is 5. The highest BCUT2D eigenvalue weighted by Gasteiger charge is 2.58. The van der Waals surface area contributed by atoms with Crippen LogP contribution in [-0.2, 0) is 19.1 Å². The van der Waals surface area contributed by atoms with Gasteiger partial charge in [-0.3, -0.25) is 4.79 Å². The molecule has 1 saturated heterocycles. The Kier molecular flexibility index (Phi) is 4.56. The van der Waals surface area contributed by atoms with Crippen molar-refractivity contribution in [3.05, 3.63) is 23.8 Å². The lowest BCUT2D eigenvalue weighted by atomic mass is 9.55. The average molecular weight is 348 g/mol. The molecule has 0 spiro atoms. The quantitative estimate of drug-likeness (QED) is 0.482. The Morgan fingerprint density at radius 3 is 2.88 bits per heavy atom. The van der Waals surface area contributed by atoms with Gasteiger partial charge >= 0.3 is 11.9 Å². The Morgan fingerprint density at radius 1 is 1.56 bits per heavy atom. The predicted molar refractivity (Wildman–Crippen MR) is 92.4 cm³/mol. The fraction of sp³-hybridized carbons (Fsp3) is 0.700. The second kappa shape index (κ2) is 6.27. The third-order valence-corrected chi connectivity index (χ3v) is 6.54. The van der Waals surface area contributed by atoms with Gasteiger partial charge in [0.1, 0.15) is 18.3 Å². The maximum absolute atomic E-state index is 12.4. The van der Waals surface area contributed by atoms with Crippen LogP contribution in [-0.4, -0.2) is 35.4 Å². The van der Waals surface area contributed by atoms with Crippen LogP contribution in [0.1, 0.15) is 47.0 Å². The highest BCUT2D eigenvalue weighted by Crippen LogP contribution is 2.56. The van der Waals surface area contributed by atoms with E-state index in [-0.39, 0.29) is 35.8 Å². The molecule has 1 saturated carbocycles. The van der Waals surface area contributed by atoms with Gasteiger partial charge in [-0.1, -0.05) is 39.0 Å². The lowest BCUT2D eigenvalue weighted by Crippen LogP contribution is -2.56. The Hall–Kier alpha value is -1.62. The highest BCUT2D eigenvalue weighted by molar-refractivity contribution is 5.90. The van der Waals surface area contributed by atoms with E-state index in [2.05, 4.69) is 6.58 Å². The van der Waals surface area contributed by atoms with E-state index in [1.54, 1.807) is 6.08 Å². The molecule has 0 bridgehead atoms. The fourth-order valence-corrected chi connectivity index (χ4v) is 4.74. The number of esters is 2. The minimum Gasteiger partial charge on any atom is -0.458 e. The minimum atomic E-state index is -0.842. The molecule has 25 heavy (non-hydrogen) atoms. The van der Waals surface area contributed by atoms with Crippen molar-refractivity contribution in [2.45, 2.75) is 65.3 Å². The van der Waals surface area contributed by atoms with Crippen molar-refractivity contribution in [1.29, 1.82) is 0 Å². The standard InChI is InChI=1S/C20H28O5/c1-6-10(2)18(22)25-17-15(21)7-11(3)14-8-13-12(4)19(23)24-16(13)9-20(14,17)5/h7,10,13-17,21H,4,6,8-9H2,1-3,5H3/t10-,13-,14-,15+,16-,17-,20-/m1/s1. The van der Waals surface area contributed by atoms with Crippen molar-refractivity contribution < 1.29 is 24.2 Å². The Balaban J connectivity index is 1.92. The Labute approximate surface area is 149 Å². The second-order valence-electron chi connectivity index (χ2n) is 8.14. The van der Waals surface area contributed by atoms with Gasteiger partial charge in [0.2, 0.25) is 0 Å². The van der Waals surface area contributed by atoms with E-state index in [9.17, 15) is 14.7 Å². The van der Waals surface area contributed by atoms with Gasteiger partial charge in [-0.2, -0.15) is 0 Å². The first kappa shape index (κ1) is 18.2. The molecule has 2 fully saturated rings. The lowest BCUT2D eigenvalue weighted by molar-refractivity contribution is -0.182. The number of hydrogen-bond donors (Lipinski definition) is 1. The van der Waals surface area contributed by atoms with Crippen LogP contribution in [0.15, 0.2) is 23.8 Å². The molecule has 3 aliphatic rings. The SMILES string of the molecule is C=C1C(=O)O[C@@H]2C[C@]3(C)[C@H](C[C@H]12)C(C)=C[C@H](O)[C@H]3OC(=O)[C@H](C)CC. The molecule has 0 aromatic rings. The van der Waals surface area contributed by atoms with Gasteiger partial charge in [0.25, 0.3) is 0 Å². The first-order valence-corrected chi connectivity index (χ1v) is 9.15. The summed E-state index contributed by atoms with van der Waals surface area (Å²) in [6.07, 6.45) is 2.07. The number of fused-ring (bicyclic) bond motifs is 2. The molecule has 1 heterocycles. The number of allylic oxidation sites excluding steroid dienone is 1. The van der Waals surface area contributed by atoms with E-state index < -0.39 is 17.6 Å². The molecule has 3 rings (SSSR count). The van der Waals surface area contributed by atoms with E-state index in [0.29, 0.717) is 18.4 Å². The van der Waals surface area contributed by atoms with Crippen molar-refractivity contribution >= 4 is 11.9 Å². The molecule has 2 aliphatic carbocycles. The topological polar surface area (TPSA) is 72.8 Å². The number of aliphatic hydroxyl groups is 1. The first-order valence-electron chi connectivity index (χ1n) is 9.15. The zero-order valence-corrected chi connectivity index (χ0v) is 15.5. The molecular weight excluding hydrogens is 320 g/mol. The second-order valence-corrected chi connectivity index (χ2v) is 8.14. The normalized spacial score (nSPS) is 41.3. The number of rotatable bonds is 3. The van der Waals surface area contributed by atoms with Gasteiger partial charge < -0.3 is 14.6 Å². The zero-order valence-electron chi connectivity index (χ0n) is 15.5. The van der Waals surface area contributed by atoms with Gasteiger partial charge in [0, 0.05) is 16.9 Å². The van der Waals surface area contributed by atoms with E-state index in [0.717, 1.165) is 12.0 Å². The number of aliphatic hydroxyl groups excluding tert-OH is 1. The third kappa shape index (κ3) is 2.82. The van der Waals surface area contributed by atoms with E-state index in [1.165, 1.54) is 0 Å². The van der Waals surface area contributed by atoms with Crippen LogP contribution >= 0.6 is 0 Å². The summed E-state index contributed by atoms with van der Waals surface area (Å²) in [5.41, 5.74) is 1.16. The Bertz CT molecular complexity index is 636. The summed E-state index contributed by atoms with van der Waals surface area (Å²) < 4.78 is 11.3. The summed E-state index contributed by atoms with van der Waals surface area (Å²) in [5, 5.41) is 10.6. The predicted octanol–water partition coefficient (Wildman–Crippen LogP) is 2.78. The molecule has 0 unspecified atom stereocenters. The highest BCUT2D eigenvalue weighted by atomic mass is 16.6. The van der Waals surface area contributed by atoms with Gasteiger partial charge in [-0.05, 0) is 32.1 Å². The minimum absolute atomic E-state index is 0.00934. The largest absolute Gasteiger partial charge is 0.458 e. The molecule has 5 heteroatoms. The molecule has 1 N–H and O–H groups in total. The van der Waals surface area contributed by atoms with Crippen LogP contribution in [0.3, 0.4) is 0 Å². The summed E-state index contributed by atoms with van der Waals surface area (Å²) in [4.78, 5) is 24.3. The van der Waals surface area contributed by atoms with Crippen LogP contribution in [0.5, 0.6) is 0 Å². The van der Waals surface area contributed by atoms with Crippen LogP contribution in [0.25, 0.3) is 0 Å². The van der Waals surface area contributed by atoms with E-state index in [4.69, 9.17) is 9.47 Å². The van der Waals surface area contributed by atoms with Crippen LogP contribution in [0.4, 0.5) is 0 Å². The van der Waals surface area contributed by atoms with Crippen molar-refractivity contribution in [3.63, 3.8) is 0 Å². The van der Waals surface area contributed by atoms with Crippen LogP contribution in [0, 0.1) is 23.2 Å². The maximum Gasteiger partial charge on any atom is 0.334 e. The average Bonchev–Trinajstić information content (AvgIpc) is 2.82. The Morgan fingerprint density at radius 2 is 2.24 bits per heavy atom. The molecule has 0 radical (unpaired) electrons. The van der Waals surface area contributed by atoms with Crippen LogP contribution < -0.4 is 0 Å². The van der Waals surface area contributed by atoms with Gasteiger partial charge in [-0.15, -0.1) is 0 Å². The maximum atomic E-state index is 12.4. The molecule has 0 aromatic carbocycles. The zero-order chi connectivity index (χ0) is 18.5. The molecule has 1 aliphatic heterocycles. The number of carbonyl (C=O) groups is 2. The summed E-state index contributed by atoms with van der Waals surface area (Å²) in [5.74, 6) is -0.683. The molecule has 138 valence electrons. The van der Waals surface area contributed by atoms with E-state index in [1.807, 2.05) is 27.7 Å². The van der Waals surface area contributed by atoms with Gasteiger partial charge in [0.15, 0.2) is 0 Å². The molecule has 7 atom stereocenters. The smallest absolute Gasteiger partial charge is 0.334 e. The number of ether oxygens (including phenoxy) is 2. The van der Waals surface area contributed by atoms with E-state index >= 15 is 0 Å². The van der Waals surface area contributed by atoms with Gasteiger partial charge in [-0.25, -0.2) is 4.79 Å². The van der Waals surface area contributed by atoms with Crippen LogP contribution in [0.2, 0.25) is 0 Å². The van der Waals surface area contributed by atoms with Crippen molar-refractivity contribution in [1.82, 2.24) is 0 Å². The lowest BCUT2D eigenvalue weighted by Gasteiger charge is -2.53. The van der Waals surface area contributed by atoms with Crippen molar-refractivity contribution in [2.75, 3.05) is 0 Å². The summed E-state index contributed by atoms with van der Waals surface area (Å²) in [7, 11) is 0. The molecule has 0 amide bonds. The number of carbonyl (C=O) groups excluding carboxylic acids is 2. The fourth-order valence-electron chi connectivity index (χ4n) is 4.74.